The van der Waals surface area contributed by atoms with Crippen LogP contribution in [0.2, 0.25) is 0 Å². The Morgan fingerprint density at radius 2 is 1.11 bits per heavy atom. The SMILES string of the molecule is CCCCCCCCCCCCCCC(CCC)c1ccc(O)c(O)c1O. The van der Waals surface area contributed by atoms with Crippen LogP contribution >= 0.6 is 0 Å². The zero-order valence-electron chi connectivity index (χ0n) is 17.7. The number of rotatable bonds is 16. The predicted molar refractivity (Wildman–Crippen MR) is 115 cm³/mol. The molecule has 1 aromatic carbocycles. The molecule has 0 radical (unpaired) electrons. The molecule has 0 saturated heterocycles. The smallest absolute Gasteiger partial charge is 0.200 e. The normalized spacial score (nSPS) is 12.4. The van der Waals surface area contributed by atoms with Gasteiger partial charge in [0.25, 0.3) is 0 Å². The van der Waals surface area contributed by atoms with Crippen LogP contribution in [0.5, 0.6) is 17.2 Å². The molecular weight excluding hydrogens is 336 g/mol. The van der Waals surface area contributed by atoms with E-state index in [2.05, 4.69) is 13.8 Å². The molecule has 0 aliphatic carbocycles. The van der Waals surface area contributed by atoms with Crippen molar-refractivity contribution in [3.05, 3.63) is 17.7 Å². The number of aromatic hydroxyl groups is 3. The Hall–Kier alpha value is -1.38. The summed E-state index contributed by atoms with van der Waals surface area (Å²) in [6.07, 6.45) is 19.2. The van der Waals surface area contributed by atoms with E-state index >= 15 is 0 Å². The van der Waals surface area contributed by atoms with Crippen LogP contribution in [0, 0.1) is 0 Å². The lowest BCUT2D eigenvalue weighted by Crippen LogP contribution is -2.00. The van der Waals surface area contributed by atoms with Crippen molar-refractivity contribution >= 4 is 0 Å². The average molecular weight is 379 g/mol. The zero-order valence-corrected chi connectivity index (χ0v) is 17.7. The van der Waals surface area contributed by atoms with E-state index in [9.17, 15) is 15.3 Å². The number of phenolic OH excluding ortho intramolecular Hbond substituents is 3. The lowest BCUT2D eigenvalue weighted by Gasteiger charge is -2.18. The fraction of sp³-hybridized carbons (Fsp3) is 0.750. The van der Waals surface area contributed by atoms with Crippen molar-refractivity contribution in [2.24, 2.45) is 0 Å². The predicted octanol–water partition coefficient (Wildman–Crippen LogP) is 7.78. The molecule has 0 heterocycles. The summed E-state index contributed by atoms with van der Waals surface area (Å²) in [7, 11) is 0. The zero-order chi connectivity index (χ0) is 19.9. The van der Waals surface area contributed by atoms with Gasteiger partial charge in [-0.05, 0) is 24.8 Å². The van der Waals surface area contributed by atoms with E-state index in [1.54, 1.807) is 6.07 Å². The van der Waals surface area contributed by atoms with Crippen LogP contribution < -0.4 is 0 Å². The highest BCUT2D eigenvalue weighted by Crippen LogP contribution is 2.42. The van der Waals surface area contributed by atoms with Crippen molar-refractivity contribution < 1.29 is 15.3 Å². The first kappa shape index (κ1) is 23.7. The summed E-state index contributed by atoms with van der Waals surface area (Å²) in [4.78, 5) is 0. The molecule has 27 heavy (non-hydrogen) atoms. The van der Waals surface area contributed by atoms with Crippen molar-refractivity contribution in [1.82, 2.24) is 0 Å². The lowest BCUT2D eigenvalue weighted by molar-refractivity contribution is 0.360. The molecule has 0 aliphatic rings. The van der Waals surface area contributed by atoms with Crippen molar-refractivity contribution in [2.75, 3.05) is 0 Å². The van der Waals surface area contributed by atoms with Crippen LogP contribution in [-0.2, 0) is 0 Å². The first-order chi connectivity index (χ1) is 13.1. The third-order valence-corrected chi connectivity index (χ3v) is 5.64. The van der Waals surface area contributed by atoms with Crippen LogP contribution in [0.15, 0.2) is 12.1 Å². The van der Waals surface area contributed by atoms with E-state index < -0.39 is 0 Å². The first-order valence-corrected chi connectivity index (χ1v) is 11.4. The number of hydrogen-bond donors (Lipinski definition) is 3. The molecule has 1 unspecified atom stereocenters. The van der Waals surface area contributed by atoms with Crippen LogP contribution in [0.4, 0.5) is 0 Å². The standard InChI is InChI=1S/C24H42O3/c1-3-5-6-7-8-9-10-11-12-13-14-15-17-20(16-4-2)21-18-19-22(25)24(27)23(21)26/h18-20,25-27H,3-17H2,1-2H3. The van der Waals surface area contributed by atoms with Gasteiger partial charge >= 0.3 is 0 Å². The van der Waals surface area contributed by atoms with Crippen LogP contribution in [-0.4, -0.2) is 15.3 Å². The van der Waals surface area contributed by atoms with E-state index in [0.717, 1.165) is 31.2 Å². The summed E-state index contributed by atoms with van der Waals surface area (Å²) in [6, 6.07) is 3.24. The average Bonchev–Trinajstić information content (AvgIpc) is 2.66. The molecule has 3 nitrogen and oxygen atoms in total. The Bertz CT molecular complexity index is 499. The molecule has 1 atom stereocenters. The summed E-state index contributed by atoms with van der Waals surface area (Å²) in [6.45, 7) is 4.41. The summed E-state index contributed by atoms with van der Waals surface area (Å²) in [5.74, 6) is -0.530. The van der Waals surface area contributed by atoms with Crippen molar-refractivity contribution in [2.45, 2.75) is 116 Å². The number of phenols is 3. The molecule has 3 N–H and O–H groups in total. The largest absolute Gasteiger partial charge is 0.504 e. The Morgan fingerprint density at radius 3 is 1.63 bits per heavy atom. The number of hydrogen-bond acceptors (Lipinski definition) is 3. The molecule has 0 fully saturated rings. The van der Waals surface area contributed by atoms with Gasteiger partial charge in [0.2, 0.25) is 5.75 Å². The third kappa shape index (κ3) is 9.39. The molecule has 0 aromatic heterocycles. The van der Waals surface area contributed by atoms with Crippen molar-refractivity contribution in [3.63, 3.8) is 0 Å². The Balaban J connectivity index is 2.18. The Kier molecular flexibility index (Phi) is 12.8. The molecule has 0 amide bonds. The molecule has 0 aliphatic heterocycles. The topological polar surface area (TPSA) is 60.7 Å². The second-order valence-corrected chi connectivity index (χ2v) is 8.03. The second-order valence-electron chi connectivity index (χ2n) is 8.03. The van der Waals surface area contributed by atoms with Crippen molar-refractivity contribution in [3.8, 4) is 17.2 Å². The van der Waals surface area contributed by atoms with Gasteiger partial charge in [0.15, 0.2) is 11.5 Å². The number of unbranched alkanes of at least 4 members (excludes halogenated alkanes) is 11. The maximum Gasteiger partial charge on any atom is 0.200 e. The minimum absolute atomic E-state index is 0.146. The van der Waals surface area contributed by atoms with Crippen molar-refractivity contribution in [1.29, 1.82) is 0 Å². The lowest BCUT2D eigenvalue weighted by atomic mass is 9.88. The maximum absolute atomic E-state index is 10.2. The van der Waals surface area contributed by atoms with Crippen LogP contribution in [0.3, 0.4) is 0 Å². The highest BCUT2D eigenvalue weighted by atomic mass is 16.3. The van der Waals surface area contributed by atoms with E-state index in [0.29, 0.717) is 0 Å². The van der Waals surface area contributed by atoms with Gasteiger partial charge in [0.1, 0.15) is 0 Å². The first-order valence-electron chi connectivity index (χ1n) is 11.4. The van der Waals surface area contributed by atoms with Gasteiger partial charge in [0.05, 0.1) is 0 Å². The fourth-order valence-electron chi connectivity index (χ4n) is 3.95. The quantitative estimate of drug-likeness (QED) is 0.203. The minimum atomic E-state index is -0.386. The number of benzene rings is 1. The molecule has 0 bridgehead atoms. The Labute approximate surface area is 166 Å². The summed E-state index contributed by atoms with van der Waals surface area (Å²) >= 11 is 0. The maximum atomic E-state index is 10.2. The van der Waals surface area contributed by atoms with Gasteiger partial charge in [-0.3, -0.25) is 0 Å². The van der Waals surface area contributed by atoms with Gasteiger partial charge in [0, 0.05) is 5.56 Å². The van der Waals surface area contributed by atoms with Gasteiger partial charge in [-0.15, -0.1) is 0 Å². The fourth-order valence-corrected chi connectivity index (χ4v) is 3.95. The summed E-state index contributed by atoms with van der Waals surface area (Å²) < 4.78 is 0. The molecule has 156 valence electrons. The van der Waals surface area contributed by atoms with Gasteiger partial charge in [-0.2, -0.15) is 0 Å². The highest BCUT2D eigenvalue weighted by molar-refractivity contribution is 5.54. The van der Waals surface area contributed by atoms with E-state index in [1.165, 1.54) is 76.7 Å². The Morgan fingerprint density at radius 1 is 0.593 bits per heavy atom. The highest BCUT2D eigenvalue weighted by Gasteiger charge is 2.18. The molecular formula is C24H42O3. The summed E-state index contributed by atoms with van der Waals surface area (Å²) in [5, 5.41) is 29.4. The van der Waals surface area contributed by atoms with Crippen LogP contribution in [0.1, 0.15) is 122 Å². The molecule has 1 aromatic rings. The third-order valence-electron chi connectivity index (χ3n) is 5.64. The van der Waals surface area contributed by atoms with E-state index in [-0.39, 0.29) is 23.2 Å². The van der Waals surface area contributed by atoms with Gasteiger partial charge in [-0.25, -0.2) is 0 Å². The van der Waals surface area contributed by atoms with E-state index in [4.69, 9.17) is 0 Å². The molecule has 0 saturated carbocycles. The second kappa shape index (κ2) is 14.6. The molecule has 0 spiro atoms. The van der Waals surface area contributed by atoms with Gasteiger partial charge < -0.3 is 15.3 Å². The minimum Gasteiger partial charge on any atom is -0.504 e. The van der Waals surface area contributed by atoms with Gasteiger partial charge in [-0.1, -0.05) is 103 Å². The molecule has 1 rings (SSSR count). The van der Waals surface area contributed by atoms with Crippen LogP contribution in [0.25, 0.3) is 0 Å². The van der Waals surface area contributed by atoms with E-state index in [1.807, 2.05) is 0 Å². The summed E-state index contributed by atoms with van der Waals surface area (Å²) in [5.41, 5.74) is 0.773. The molecule has 3 heteroatoms. The monoisotopic (exact) mass is 378 g/mol.